The quantitative estimate of drug-likeness (QED) is 0.245. The first kappa shape index (κ1) is 11.3. The lowest BCUT2D eigenvalue weighted by atomic mass is 10.2. The second kappa shape index (κ2) is 5.87. The largest absolute Gasteiger partial charge is 0.362 e. The summed E-state index contributed by atoms with van der Waals surface area (Å²) in [5.41, 5.74) is 4.33. The average Bonchev–Trinajstić information content (AvgIpc) is 2.02. The summed E-state index contributed by atoms with van der Waals surface area (Å²) in [5, 5.41) is 14.8. The van der Waals surface area contributed by atoms with Crippen molar-refractivity contribution in [3.63, 3.8) is 0 Å². The van der Waals surface area contributed by atoms with Gasteiger partial charge in [0.05, 0.1) is 5.29 Å². The lowest BCUT2D eigenvalue weighted by molar-refractivity contribution is -0.0472. The molecule has 0 saturated heterocycles. The zero-order chi connectivity index (χ0) is 9.45. The van der Waals surface area contributed by atoms with E-state index in [0.717, 1.165) is 6.42 Å². The van der Waals surface area contributed by atoms with Crippen LogP contribution >= 0.6 is 0 Å². The molecule has 0 aliphatic heterocycles. The van der Waals surface area contributed by atoms with Gasteiger partial charge >= 0.3 is 0 Å². The summed E-state index contributed by atoms with van der Waals surface area (Å²) >= 11 is 0. The molecule has 0 rings (SSSR count). The van der Waals surface area contributed by atoms with Gasteiger partial charge in [-0.25, -0.2) is 5.53 Å². The Hall–Kier alpha value is -0.720. The van der Waals surface area contributed by atoms with Gasteiger partial charge in [0, 0.05) is 6.42 Å². The summed E-state index contributed by atoms with van der Waals surface area (Å²) < 4.78 is 0. The number of aliphatic hydroxyl groups is 1. The smallest absolute Gasteiger partial charge is 0.189 e. The van der Waals surface area contributed by atoms with Crippen molar-refractivity contribution < 1.29 is 5.11 Å². The SMILES string of the molecule is CCCC(O)(NCC)NNN=O. The van der Waals surface area contributed by atoms with Crippen molar-refractivity contribution in [2.75, 3.05) is 6.54 Å². The third-order valence-corrected chi connectivity index (χ3v) is 1.39. The fourth-order valence-corrected chi connectivity index (χ4v) is 0.965. The number of hydrogen-bond donors (Lipinski definition) is 4. The molecule has 0 saturated carbocycles. The topological polar surface area (TPSA) is 85.8 Å². The van der Waals surface area contributed by atoms with Crippen LogP contribution in [0.3, 0.4) is 0 Å². The van der Waals surface area contributed by atoms with Crippen molar-refractivity contribution in [2.24, 2.45) is 5.29 Å². The van der Waals surface area contributed by atoms with Crippen LogP contribution in [0, 0.1) is 4.91 Å². The highest BCUT2D eigenvalue weighted by Crippen LogP contribution is 2.03. The number of rotatable bonds is 7. The van der Waals surface area contributed by atoms with Crippen LogP contribution in [0.25, 0.3) is 0 Å². The fraction of sp³-hybridized carbons (Fsp3) is 1.00. The standard InChI is InChI=1S/C6H16N4O2/c1-3-5-6(11,7-4-2)8-9-10-12/h7,11H,3-5H2,1-2H3,(H,8,10)(H,9,12). The van der Waals surface area contributed by atoms with Gasteiger partial charge in [0.1, 0.15) is 0 Å². The van der Waals surface area contributed by atoms with Crippen LogP contribution in [0.2, 0.25) is 0 Å². The number of nitrogens with one attached hydrogen (secondary N) is 3. The molecule has 0 fully saturated rings. The molecule has 0 aromatic carbocycles. The first-order chi connectivity index (χ1) is 5.68. The summed E-state index contributed by atoms with van der Waals surface area (Å²) in [5.74, 6) is -1.25. The molecule has 72 valence electrons. The minimum Gasteiger partial charge on any atom is -0.362 e. The predicted molar refractivity (Wildman–Crippen MR) is 45.6 cm³/mol. The Kier molecular flexibility index (Phi) is 5.52. The van der Waals surface area contributed by atoms with Gasteiger partial charge in [0.2, 0.25) is 0 Å². The molecule has 0 heterocycles. The molecule has 0 amide bonds. The highest BCUT2D eigenvalue weighted by Gasteiger charge is 2.23. The van der Waals surface area contributed by atoms with Gasteiger partial charge in [-0.3, -0.25) is 5.32 Å². The van der Waals surface area contributed by atoms with Crippen molar-refractivity contribution in [1.29, 1.82) is 0 Å². The molecule has 12 heavy (non-hydrogen) atoms. The third-order valence-electron chi connectivity index (χ3n) is 1.39. The number of nitroso groups, excluding NO2 is 1. The van der Waals surface area contributed by atoms with Crippen LogP contribution in [0.5, 0.6) is 0 Å². The predicted octanol–water partition coefficient (Wildman–Crippen LogP) is -0.182. The van der Waals surface area contributed by atoms with Gasteiger partial charge in [-0.15, -0.1) is 4.91 Å². The maximum atomic E-state index is 9.70. The van der Waals surface area contributed by atoms with Gasteiger partial charge in [-0.1, -0.05) is 20.3 Å². The van der Waals surface area contributed by atoms with E-state index in [1.54, 1.807) is 0 Å². The molecule has 4 N–H and O–H groups in total. The number of nitrogens with zero attached hydrogens (tertiary/aromatic N) is 1. The van der Waals surface area contributed by atoms with Crippen molar-refractivity contribution in [3.05, 3.63) is 4.91 Å². The minimum absolute atomic E-state index is 0.489. The van der Waals surface area contributed by atoms with Gasteiger partial charge in [-0.05, 0) is 6.54 Å². The summed E-state index contributed by atoms with van der Waals surface area (Å²) in [6.07, 6.45) is 1.28. The number of hydrazine groups is 1. The third kappa shape index (κ3) is 4.22. The number of hydrogen-bond acceptors (Lipinski definition) is 5. The van der Waals surface area contributed by atoms with Gasteiger partial charge in [0.15, 0.2) is 5.85 Å². The lowest BCUT2D eigenvalue weighted by Crippen LogP contribution is -2.60. The van der Waals surface area contributed by atoms with E-state index in [9.17, 15) is 10.0 Å². The Labute approximate surface area is 71.6 Å². The van der Waals surface area contributed by atoms with E-state index in [4.69, 9.17) is 0 Å². The van der Waals surface area contributed by atoms with Crippen LogP contribution in [-0.4, -0.2) is 17.5 Å². The van der Waals surface area contributed by atoms with Crippen molar-refractivity contribution in [1.82, 2.24) is 16.3 Å². The molecular weight excluding hydrogens is 160 g/mol. The van der Waals surface area contributed by atoms with Crippen LogP contribution in [-0.2, 0) is 0 Å². The second-order valence-corrected chi connectivity index (χ2v) is 2.47. The molecule has 0 spiro atoms. The Morgan fingerprint density at radius 2 is 2.17 bits per heavy atom. The van der Waals surface area contributed by atoms with Gasteiger partial charge in [0.25, 0.3) is 0 Å². The normalized spacial score (nSPS) is 15.2. The zero-order valence-corrected chi connectivity index (χ0v) is 7.42. The fourth-order valence-electron chi connectivity index (χ4n) is 0.965. The molecule has 0 aromatic rings. The highest BCUT2D eigenvalue weighted by atomic mass is 16.3. The van der Waals surface area contributed by atoms with Gasteiger partial charge in [-0.2, -0.15) is 5.43 Å². The zero-order valence-electron chi connectivity index (χ0n) is 7.42. The Morgan fingerprint density at radius 3 is 2.58 bits per heavy atom. The van der Waals surface area contributed by atoms with Crippen LogP contribution in [0.4, 0.5) is 0 Å². The van der Waals surface area contributed by atoms with E-state index in [1.165, 1.54) is 0 Å². The molecule has 0 aliphatic carbocycles. The van der Waals surface area contributed by atoms with Crippen LogP contribution in [0.15, 0.2) is 5.29 Å². The second-order valence-electron chi connectivity index (χ2n) is 2.47. The summed E-state index contributed by atoms with van der Waals surface area (Å²) in [4.78, 5) is 9.70. The maximum Gasteiger partial charge on any atom is 0.189 e. The first-order valence-electron chi connectivity index (χ1n) is 4.00. The van der Waals surface area contributed by atoms with Crippen molar-refractivity contribution in [2.45, 2.75) is 32.5 Å². The van der Waals surface area contributed by atoms with E-state index in [1.807, 2.05) is 19.4 Å². The molecule has 1 atom stereocenters. The molecule has 1 unspecified atom stereocenters. The monoisotopic (exact) mass is 176 g/mol. The van der Waals surface area contributed by atoms with E-state index in [0.29, 0.717) is 13.0 Å². The highest BCUT2D eigenvalue weighted by molar-refractivity contribution is 4.68. The molecular formula is C6H16N4O2. The van der Waals surface area contributed by atoms with Crippen LogP contribution in [0.1, 0.15) is 26.7 Å². The molecule has 0 radical (unpaired) electrons. The molecule has 0 aliphatic rings. The molecule has 0 aromatic heterocycles. The van der Waals surface area contributed by atoms with E-state index >= 15 is 0 Å². The first-order valence-corrected chi connectivity index (χ1v) is 4.00. The van der Waals surface area contributed by atoms with E-state index in [2.05, 4.69) is 16.0 Å². The molecule has 0 bridgehead atoms. The summed E-state index contributed by atoms with van der Waals surface area (Å²) in [7, 11) is 0. The van der Waals surface area contributed by atoms with Gasteiger partial charge < -0.3 is 5.11 Å². The Morgan fingerprint density at radius 1 is 1.50 bits per heavy atom. The van der Waals surface area contributed by atoms with Crippen LogP contribution < -0.4 is 16.3 Å². The summed E-state index contributed by atoms with van der Waals surface area (Å²) in [6.45, 7) is 4.39. The van der Waals surface area contributed by atoms with Crippen molar-refractivity contribution >= 4 is 0 Å². The molecule has 6 nitrogen and oxygen atoms in total. The molecule has 6 heteroatoms. The van der Waals surface area contributed by atoms with Crippen molar-refractivity contribution in [3.8, 4) is 0 Å². The Bertz CT molecular complexity index is 125. The Balaban J connectivity index is 3.88. The maximum absolute atomic E-state index is 9.70. The van der Waals surface area contributed by atoms with E-state index in [-0.39, 0.29) is 0 Å². The minimum atomic E-state index is -1.25. The van der Waals surface area contributed by atoms with E-state index < -0.39 is 5.85 Å². The summed E-state index contributed by atoms with van der Waals surface area (Å²) in [6, 6.07) is 0. The average molecular weight is 176 g/mol. The lowest BCUT2D eigenvalue weighted by Gasteiger charge is -2.28.